The number of carbonyl (C=O) groups excluding carboxylic acids is 1. The molecule has 1 N–H and O–H groups in total. The van der Waals surface area contributed by atoms with Gasteiger partial charge in [-0.3, -0.25) is 9.59 Å². The van der Waals surface area contributed by atoms with E-state index >= 15 is 0 Å². The summed E-state index contributed by atoms with van der Waals surface area (Å²) in [5.74, 6) is -0.0705. The lowest BCUT2D eigenvalue weighted by atomic mass is 10.0. The van der Waals surface area contributed by atoms with E-state index in [1.165, 1.54) is 5.56 Å². The van der Waals surface area contributed by atoms with Crippen LogP contribution in [-0.4, -0.2) is 15.5 Å². The van der Waals surface area contributed by atoms with Crippen LogP contribution in [0.3, 0.4) is 0 Å². The van der Waals surface area contributed by atoms with Crippen LogP contribution in [0, 0.1) is 0 Å². The summed E-state index contributed by atoms with van der Waals surface area (Å²) in [4.78, 5) is 29.5. The van der Waals surface area contributed by atoms with Crippen LogP contribution in [0.25, 0.3) is 11.0 Å². The first-order valence-electron chi connectivity index (χ1n) is 8.42. The van der Waals surface area contributed by atoms with Gasteiger partial charge in [0.25, 0.3) is 11.5 Å². The quantitative estimate of drug-likeness (QED) is 0.789. The Balaban J connectivity index is 1.97. The molecule has 0 fully saturated rings. The zero-order chi connectivity index (χ0) is 18.0. The van der Waals surface area contributed by atoms with Crippen molar-refractivity contribution in [1.29, 1.82) is 0 Å². The molecule has 1 amide bonds. The molecule has 0 spiro atoms. The third kappa shape index (κ3) is 3.31. The van der Waals surface area contributed by atoms with Crippen LogP contribution in [0.5, 0.6) is 0 Å². The first kappa shape index (κ1) is 16.9. The van der Waals surface area contributed by atoms with E-state index in [9.17, 15) is 9.59 Å². The molecule has 0 saturated carbocycles. The standard InChI is InChI=1S/C20H21N3O2/c1-4-23-17-8-6-5-7-16(17)22-18(20(23)25)19(24)21-15-11-9-14(10-12-15)13(2)3/h5-13H,4H2,1-3H3,(H,21,24). The van der Waals surface area contributed by atoms with Crippen LogP contribution in [0.2, 0.25) is 0 Å². The number of fused-ring (bicyclic) bond motifs is 1. The molecule has 0 aliphatic carbocycles. The van der Waals surface area contributed by atoms with Crippen LogP contribution in [0.1, 0.15) is 42.7 Å². The number of benzene rings is 2. The van der Waals surface area contributed by atoms with Gasteiger partial charge in [-0.15, -0.1) is 0 Å². The average molecular weight is 335 g/mol. The first-order chi connectivity index (χ1) is 12.0. The number of amides is 1. The molecule has 3 rings (SSSR count). The van der Waals surface area contributed by atoms with Crippen LogP contribution in [0.4, 0.5) is 5.69 Å². The number of para-hydroxylation sites is 2. The fourth-order valence-corrected chi connectivity index (χ4v) is 2.80. The van der Waals surface area contributed by atoms with E-state index in [-0.39, 0.29) is 11.3 Å². The van der Waals surface area contributed by atoms with E-state index in [0.29, 0.717) is 23.7 Å². The van der Waals surface area contributed by atoms with Crippen molar-refractivity contribution in [3.8, 4) is 0 Å². The molecule has 5 heteroatoms. The molecule has 0 aliphatic rings. The summed E-state index contributed by atoms with van der Waals surface area (Å²) >= 11 is 0. The summed E-state index contributed by atoms with van der Waals surface area (Å²) in [5.41, 5.74) is 2.73. The van der Waals surface area contributed by atoms with Crippen molar-refractivity contribution < 1.29 is 4.79 Å². The third-order valence-corrected chi connectivity index (χ3v) is 4.22. The minimum Gasteiger partial charge on any atom is -0.320 e. The van der Waals surface area contributed by atoms with E-state index in [1.807, 2.05) is 49.4 Å². The summed E-state index contributed by atoms with van der Waals surface area (Å²) in [6, 6.07) is 14.9. The zero-order valence-electron chi connectivity index (χ0n) is 14.6. The molecular formula is C20H21N3O2. The van der Waals surface area contributed by atoms with Crippen molar-refractivity contribution in [1.82, 2.24) is 9.55 Å². The highest BCUT2D eigenvalue weighted by molar-refractivity contribution is 6.03. The Morgan fingerprint density at radius 3 is 2.44 bits per heavy atom. The summed E-state index contributed by atoms with van der Waals surface area (Å²) in [5, 5.41) is 2.77. The average Bonchev–Trinajstić information content (AvgIpc) is 2.61. The van der Waals surface area contributed by atoms with E-state index in [1.54, 1.807) is 10.6 Å². The van der Waals surface area contributed by atoms with Crippen molar-refractivity contribution in [3.05, 3.63) is 70.1 Å². The Labute approximate surface area is 146 Å². The zero-order valence-corrected chi connectivity index (χ0v) is 14.6. The lowest BCUT2D eigenvalue weighted by molar-refractivity contribution is 0.102. The number of nitrogens with zero attached hydrogens (tertiary/aromatic N) is 2. The number of hydrogen-bond donors (Lipinski definition) is 1. The highest BCUT2D eigenvalue weighted by atomic mass is 16.2. The minimum absolute atomic E-state index is 0.0894. The number of aromatic nitrogens is 2. The fourth-order valence-electron chi connectivity index (χ4n) is 2.80. The van der Waals surface area contributed by atoms with Crippen LogP contribution in [-0.2, 0) is 6.54 Å². The molecule has 25 heavy (non-hydrogen) atoms. The largest absolute Gasteiger partial charge is 0.320 e. The van der Waals surface area contributed by atoms with Gasteiger partial charge in [0.05, 0.1) is 11.0 Å². The monoisotopic (exact) mass is 335 g/mol. The second-order valence-corrected chi connectivity index (χ2v) is 6.23. The molecule has 0 saturated heterocycles. The Kier molecular flexibility index (Phi) is 4.65. The predicted octanol–water partition coefficient (Wildman–Crippen LogP) is 3.79. The van der Waals surface area contributed by atoms with Crippen molar-refractivity contribution in [3.63, 3.8) is 0 Å². The van der Waals surface area contributed by atoms with Crippen LogP contribution >= 0.6 is 0 Å². The van der Waals surface area contributed by atoms with E-state index in [0.717, 1.165) is 5.52 Å². The SMILES string of the molecule is CCn1c(=O)c(C(=O)Nc2ccc(C(C)C)cc2)nc2ccccc21. The molecule has 3 aromatic rings. The van der Waals surface area contributed by atoms with Crippen molar-refractivity contribution >= 4 is 22.6 Å². The normalized spacial score (nSPS) is 11.0. The smallest absolute Gasteiger partial charge is 0.282 e. The van der Waals surface area contributed by atoms with Gasteiger partial charge in [-0.2, -0.15) is 0 Å². The maximum Gasteiger partial charge on any atom is 0.282 e. The Morgan fingerprint density at radius 2 is 1.80 bits per heavy atom. The lowest BCUT2D eigenvalue weighted by Crippen LogP contribution is -2.30. The summed E-state index contributed by atoms with van der Waals surface area (Å²) in [6.07, 6.45) is 0. The van der Waals surface area contributed by atoms with E-state index < -0.39 is 5.91 Å². The summed E-state index contributed by atoms with van der Waals surface area (Å²) < 4.78 is 1.57. The Morgan fingerprint density at radius 1 is 1.12 bits per heavy atom. The van der Waals surface area contributed by atoms with Crippen molar-refractivity contribution in [2.75, 3.05) is 5.32 Å². The number of carbonyl (C=O) groups is 1. The molecule has 128 valence electrons. The number of rotatable bonds is 4. The number of aryl methyl sites for hydroxylation is 1. The molecular weight excluding hydrogens is 314 g/mol. The van der Waals surface area contributed by atoms with Gasteiger partial charge in [-0.05, 0) is 42.7 Å². The Bertz CT molecular complexity index is 972. The molecule has 2 aromatic carbocycles. The van der Waals surface area contributed by atoms with Gasteiger partial charge in [0.15, 0.2) is 5.69 Å². The van der Waals surface area contributed by atoms with Crippen molar-refractivity contribution in [2.45, 2.75) is 33.2 Å². The Hall–Kier alpha value is -2.95. The molecule has 0 radical (unpaired) electrons. The first-order valence-corrected chi connectivity index (χ1v) is 8.42. The van der Waals surface area contributed by atoms with E-state index in [4.69, 9.17) is 0 Å². The molecule has 0 unspecified atom stereocenters. The number of nitrogens with one attached hydrogen (secondary N) is 1. The highest BCUT2D eigenvalue weighted by Crippen LogP contribution is 2.17. The third-order valence-electron chi connectivity index (χ3n) is 4.22. The summed E-state index contributed by atoms with van der Waals surface area (Å²) in [6.45, 7) is 6.57. The number of hydrogen-bond acceptors (Lipinski definition) is 3. The highest BCUT2D eigenvalue weighted by Gasteiger charge is 2.17. The second-order valence-electron chi connectivity index (χ2n) is 6.23. The van der Waals surface area contributed by atoms with Crippen molar-refractivity contribution in [2.24, 2.45) is 0 Å². The van der Waals surface area contributed by atoms with Gasteiger partial charge in [-0.1, -0.05) is 38.1 Å². The molecule has 0 aliphatic heterocycles. The second kappa shape index (κ2) is 6.89. The van der Waals surface area contributed by atoms with Crippen LogP contribution < -0.4 is 10.9 Å². The molecule has 5 nitrogen and oxygen atoms in total. The molecule has 1 aromatic heterocycles. The maximum atomic E-state index is 12.6. The van der Waals surface area contributed by atoms with Gasteiger partial charge < -0.3 is 9.88 Å². The van der Waals surface area contributed by atoms with Gasteiger partial charge in [-0.25, -0.2) is 4.98 Å². The molecule has 1 heterocycles. The van der Waals surface area contributed by atoms with Gasteiger partial charge in [0, 0.05) is 12.2 Å². The molecule has 0 atom stereocenters. The fraction of sp³-hybridized carbons (Fsp3) is 0.250. The molecule has 0 bridgehead atoms. The predicted molar refractivity (Wildman–Crippen MR) is 100 cm³/mol. The van der Waals surface area contributed by atoms with Gasteiger partial charge in [0.2, 0.25) is 0 Å². The van der Waals surface area contributed by atoms with E-state index in [2.05, 4.69) is 24.1 Å². The maximum absolute atomic E-state index is 12.6. The summed E-state index contributed by atoms with van der Waals surface area (Å²) in [7, 11) is 0. The van der Waals surface area contributed by atoms with Crippen LogP contribution in [0.15, 0.2) is 53.3 Å². The van der Waals surface area contributed by atoms with Gasteiger partial charge >= 0.3 is 0 Å². The van der Waals surface area contributed by atoms with Gasteiger partial charge in [0.1, 0.15) is 0 Å². The topological polar surface area (TPSA) is 64.0 Å². The lowest BCUT2D eigenvalue weighted by Gasteiger charge is -2.11. The number of anilines is 1. The minimum atomic E-state index is -0.491.